The summed E-state index contributed by atoms with van der Waals surface area (Å²) in [5.41, 5.74) is 2.10. The van der Waals surface area contributed by atoms with Crippen molar-refractivity contribution in [3.05, 3.63) is 48.3 Å². The summed E-state index contributed by atoms with van der Waals surface area (Å²) in [7, 11) is 0. The number of fused-ring (bicyclic) bond motifs is 1. The number of thioether (sulfide) groups is 1. The first-order valence-corrected chi connectivity index (χ1v) is 11.7. The smallest absolute Gasteiger partial charge is 0.246 e. The summed E-state index contributed by atoms with van der Waals surface area (Å²) in [5.74, 6) is 1.96. The molecule has 2 aliphatic heterocycles. The van der Waals surface area contributed by atoms with Crippen molar-refractivity contribution in [3.63, 3.8) is 0 Å². The summed E-state index contributed by atoms with van der Waals surface area (Å²) in [4.78, 5) is 28.2. The SMILES string of the molecule is CC(=O)Nc1ccc(N(CC2CCSC2)C(=O)CN2c3ccc(F)cc3NC2Cl)cc1. The average Bonchev–Trinajstić information content (AvgIpc) is 3.34. The molecule has 2 aliphatic rings. The van der Waals surface area contributed by atoms with E-state index in [1.165, 1.54) is 19.1 Å². The molecular formula is C22H24ClFN4O2S. The molecule has 1 fully saturated rings. The molecule has 2 atom stereocenters. The lowest BCUT2D eigenvalue weighted by Crippen LogP contribution is -2.44. The quantitative estimate of drug-likeness (QED) is 0.494. The van der Waals surface area contributed by atoms with Crippen molar-refractivity contribution in [3.8, 4) is 0 Å². The van der Waals surface area contributed by atoms with Crippen molar-refractivity contribution >= 4 is 57.9 Å². The van der Waals surface area contributed by atoms with E-state index in [-0.39, 0.29) is 24.2 Å². The number of anilines is 4. The zero-order chi connectivity index (χ0) is 22.0. The topological polar surface area (TPSA) is 64.7 Å². The second-order valence-corrected chi connectivity index (χ2v) is 9.29. The van der Waals surface area contributed by atoms with Crippen LogP contribution in [0.2, 0.25) is 0 Å². The minimum Gasteiger partial charge on any atom is -0.351 e. The first kappa shape index (κ1) is 21.8. The van der Waals surface area contributed by atoms with Crippen molar-refractivity contribution in [2.75, 3.05) is 45.0 Å². The van der Waals surface area contributed by atoms with Gasteiger partial charge < -0.3 is 20.4 Å². The predicted octanol–water partition coefficient (Wildman–Crippen LogP) is 4.32. The van der Waals surface area contributed by atoms with Crippen LogP contribution >= 0.6 is 23.4 Å². The second kappa shape index (κ2) is 9.36. The van der Waals surface area contributed by atoms with E-state index in [1.807, 2.05) is 23.9 Å². The molecule has 0 aromatic heterocycles. The monoisotopic (exact) mass is 462 g/mol. The van der Waals surface area contributed by atoms with Crippen molar-refractivity contribution in [2.24, 2.45) is 5.92 Å². The third kappa shape index (κ3) is 5.07. The molecule has 1 saturated heterocycles. The molecule has 2 amide bonds. The van der Waals surface area contributed by atoms with Gasteiger partial charge in [-0.15, -0.1) is 0 Å². The normalized spacial score (nSPS) is 19.6. The van der Waals surface area contributed by atoms with E-state index < -0.39 is 5.62 Å². The number of halogens is 2. The van der Waals surface area contributed by atoms with Crippen LogP contribution in [0.1, 0.15) is 13.3 Å². The lowest BCUT2D eigenvalue weighted by Gasteiger charge is -2.29. The molecule has 2 heterocycles. The van der Waals surface area contributed by atoms with E-state index in [0.717, 1.165) is 23.6 Å². The summed E-state index contributed by atoms with van der Waals surface area (Å²) >= 11 is 8.31. The van der Waals surface area contributed by atoms with Gasteiger partial charge in [0.05, 0.1) is 11.4 Å². The molecule has 0 saturated carbocycles. The van der Waals surface area contributed by atoms with Gasteiger partial charge in [0.25, 0.3) is 0 Å². The van der Waals surface area contributed by atoms with Gasteiger partial charge in [0.2, 0.25) is 11.8 Å². The van der Waals surface area contributed by atoms with Gasteiger partial charge in [-0.3, -0.25) is 9.59 Å². The highest BCUT2D eigenvalue weighted by atomic mass is 35.5. The molecule has 2 N–H and O–H groups in total. The van der Waals surface area contributed by atoms with Crippen LogP contribution in [-0.2, 0) is 9.59 Å². The van der Waals surface area contributed by atoms with Gasteiger partial charge in [0, 0.05) is 24.8 Å². The molecule has 9 heteroatoms. The van der Waals surface area contributed by atoms with Crippen LogP contribution in [0.4, 0.5) is 27.1 Å². The maximum absolute atomic E-state index is 13.6. The minimum absolute atomic E-state index is 0.0626. The number of carbonyl (C=O) groups excluding carboxylic acids is 2. The van der Waals surface area contributed by atoms with Crippen LogP contribution in [0, 0.1) is 11.7 Å². The van der Waals surface area contributed by atoms with Gasteiger partial charge >= 0.3 is 0 Å². The molecular weight excluding hydrogens is 439 g/mol. The number of nitrogens with one attached hydrogen (secondary N) is 2. The highest BCUT2D eigenvalue weighted by Gasteiger charge is 2.31. The average molecular weight is 463 g/mol. The third-order valence-electron chi connectivity index (χ3n) is 5.39. The Balaban J connectivity index is 1.55. The van der Waals surface area contributed by atoms with Gasteiger partial charge in [-0.25, -0.2) is 4.39 Å². The van der Waals surface area contributed by atoms with Gasteiger partial charge in [-0.05, 0) is 66.3 Å². The van der Waals surface area contributed by atoms with Crippen molar-refractivity contribution in [2.45, 2.75) is 19.0 Å². The number of rotatable bonds is 6. The van der Waals surface area contributed by atoms with Crippen LogP contribution < -0.4 is 20.4 Å². The number of alkyl halides is 1. The molecule has 2 aromatic rings. The number of benzene rings is 2. The Kier molecular flexibility index (Phi) is 6.57. The van der Waals surface area contributed by atoms with E-state index in [1.54, 1.807) is 28.0 Å². The van der Waals surface area contributed by atoms with Crippen LogP contribution in [0.3, 0.4) is 0 Å². The second-order valence-electron chi connectivity index (χ2n) is 7.73. The molecule has 0 radical (unpaired) electrons. The Hall–Kier alpha value is -2.45. The van der Waals surface area contributed by atoms with Gasteiger partial charge in [0.1, 0.15) is 12.4 Å². The zero-order valence-electron chi connectivity index (χ0n) is 17.1. The highest BCUT2D eigenvalue weighted by molar-refractivity contribution is 7.99. The molecule has 164 valence electrons. The number of nitrogens with zero attached hydrogens (tertiary/aromatic N) is 2. The number of amides is 2. The van der Waals surface area contributed by atoms with Crippen LogP contribution in [0.25, 0.3) is 0 Å². The summed E-state index contributed by atoms with van der Waals surface area (Å²) in [6.07, 6.45) is 1.07. The van der Waals surface area contributed by atoms with E-state index in [2.05, 4.69) is 10.6 Å². The molecule has 0 aliphatic carbocycles. The lowest BCUT2D eigenvalue weighted by atomic mass is 10.1. The summed E-state index contributed by atoms with van der Waals surface area (Å²) in [6, 6.07) is 11.6. The Morgan fingerprint density at radius 1 is 1.29 bits per heavy atom. The van der Waals surface area contributed by atoms with Crippen LogP contribution in [0.15, 0.2) is 42.5 Å². The Bertz CT molecular complexity index is 968. The number of carbonyl (C=O) groups is 2. The standard InChI is InChI=1S/C22H24ClFN4O2S/c1-14(29)25-17-3-5-18(6-4-17)27(11-15-8-9-31-13-15)21(30)12-28-20-7-2-16(24)10-19(20)26-22(28)23/h2-7,10,15,22,26H,8-9,11-13H2,1H3,(H,25,29). The molecule has 31 heavy (non-hydrogen) atoms. The van der Waals surface area contributed by atoms with Crippen molar-refractivity contribution < 1.29 is 14.0 Å². The van der Waals surface area contributed by atoms with E-state index >= 15 is 0 Å². The zero-order valence-corrected chi connectivity index (χ0v) is 18.7. The fraction of sp³-hybridized carbons (Fsp3) is 0.364. The molecule has 6 nitrogen and oxygen atoms in total. The maximum Gasteiger partial charge on any atom is 0.246 e. The molecule has 4 rings (SSSR count). The van der Waals surface area contributed by atoms with Gasteiger partial charge in [0.15, 0.2) is 5.62 Å². The van der Waals surface area contributed by atoms with Crippen LogP contribution in [-0.4, -0.2) is 42.0 Å². The predicted molar refractivity (Wildman–Crippen MR) is 126 cm³/mol. The molecule has 0 spiro atoms. The fourth-order valence-electron chi connectivity index (χ4n) is 3.86. The molecule has 0 bridgehead atoms. The first-order chi connectivity index (χ1) is 14.9. The summed E-state index contributed by atoms with van der Waals surface area (Å²) in [6.45, 7) is 2.14. The molecule has 2 unspecified atom stereocenters. The van der Waals surface area contributed by atoms with Gasteiger partial charge in [-0.1, -0.05) is 11.6 Å². The Labute approximate surface area is 190 Å². The van der Waals surface area contributed by atoms with Gasteiger partial charge in [-0.2, -0.15) is 11.8 Å². The van der Waals surface area contributed by atoms with E-state index in [4.69, 9.17) is 11.6 Å². The minimum atomic E-state index is -0.633. The van der Waals surface area contributed by atoms with Crippen LogP contribution in [0.5, 0.6) is 0 Å². The lowest BCUT2D eigenvalue weighted by molar-refractivity contribution is -0.117. The Morgan fingerprint density at radius 2 is 2.06 bits per heavy atom. The summed E-state index contributed by atoms with van der Waals surface area (Å²) in [5, 5.41) is 5.75. The van der Waals surface area contributed by atoms with Crippen molar-refractivity contribution in [1.29, 1.82) is 0 Å². The largest absolute Gasteiger partial charge is 0.351 e. The number of hydrogen-bond acceptors (Lipinski definition) is 5. The maximum atomic E-state index is 13.6. The third-order valence-corrected chi connectivity index (χ3v) is 6.96. The number of hydrogen-bond donors (Lipinski definition) is 2. The Morgan fingerprint density at radius 3 is 2.74 bits per heavy atom. The highest BCUT2D eigenvalue weighted by Crippen LogP contribution is 2.36. The van der Waals surface area contributed by atoms with E-state index in [9.17, 15) is 14.0 Å². The fourth-order valence-corrected chi connectivity index (χ4v) is 5.43. The first-order valence-electron chi connectivity index (χ1n) is 10.1. The van der Waals surface area contributed by atoms with E-state index in [0.29, 0.717) is 29.5 Å². The molecule has 2 aromatic carbocycles. The summed E-state index contributed by atoms with van der Waals surface area (Å²) < 4.78 is 13.6. The van der Waals surface area contributed by atoms with Crippen molar-refractivity contribution in [1.82, 2.24) is 0 Å².